The number of halogens is 1. The van der Waals surface area contributed by atoms with Crippen LogP contribution in [-0.4, -0.2) is 29.1 Å². The van der Waals surface area contributed by atoms with Crippen molar-refractivity contribution in [2.45, 2.75) is 31.9 Å². The first-order valence-electron chi connectivity index (χ1n) is 11.5. The molecule has 0 bridgehead atoms. The Hall–Kier alpha value is -3.28. The molecule has 2 aliphatic heterocycles. The van der Waals surface area contributed by atoms with Gasteiger partial charge in [0.15, 0.2) is 0 Å². The number of aliphatic imine (C=N–C) groups is 1. The van der Waals surface area contributed by atoms with E-state index in [1.54, 1.807) is 0 Å². The highest BCUT2D eigenvalue weighted by molar-refractivity contribution is 6.03. The van der Waals surface area contributed by atoms with Crippen LogP contribution in [0.15, 0.2) is 65.7 Å². The van der Waals surface area contributed by atoms with E-state index in [4.69, 9.17) is 4.74 Å². The largest absolute Gasteiger partial charge is 0.392 e. The molecule has 4 aromatic rings. The molecule has 166 valence electrons. The van der Waals surface area contributed by atoms with Crippen LogP contribution < -0.4 is 0 Å². The van der Waals surface area contributed by atoms with E-state index in [9.17, 15) is 9.50 Å². The molecule has 0 radical (unpaired) electrons. The van der Waals surface area contributed by atoms with Gasteiger partial charge >= 0.3 is 0 Å². The summed E-state index contributed by atoms with van der Waals surface area (Å²) in [6, 6.07) is 19.4. The van der Waals surface area contributed by atoms with Gasteiger partial charge in [0.25, 0.3) is 0 Å². The standard InChI is InChI=1S/C28H25FN2O2/c29-23-5-7-24(8-6-23)31-26-14-22-16-30-15-21(22)13-25(26)27(19-3-1-18(17-32)2-4-19)28(31)20-9-11-33-12-10-20/h1-8,13-14,16,20,32H,9-12,15,17H2. The third kappa shape index (κ3) is 3.48. The number of fused-ring (bicyclic) bond motifs is 2. The molecular weight excluding hydrogens is 415 g/mol. The van der Waals surface area contributed by atoms with Crippen molar-refractivity contribution in [3.8, 4) is 16.8 Å². The Labute approximate surface area is 192 Å². The van der Waals surface area contributed by atoms with Gasteiger partial charge in [0.1, 0.15) is 5.82 Å². The fourth-order valence-corrected chi connectivity index (χ4v) is 5.22. The van der Waals surface area contributed by atoms with Crippen LogP contribution in [0.4, 0.5) is 4.39 Å². The SMILES string of the molecule is OCc1ccc(-c2c(C3CCOCC3)n(-c3ccc(F)cc3)c3cc4c(cc23)CN=C4)cc1. The van der Waals surface area contributed by atoms with E-state index in [-0.39, 0.29) is 12.4 Å². The monoisotopic (exact) mass is 440 g/mol. The van der Waals surface area contributed by atoms with Crippen molar-refractivity contribution in [1.29, 1.82) is 0 Å². The minimum atomic E-state index is -0.240. The minimum Gasteiger partial charge on any atom is -0.392 e. The smallest absolute Gasteiger partial charge is 0.123 e. The number of aromatic nitrogens is 1. The average molecular weight is 441 g/mol. The zero-order valence-corrected chi connectivity index (χ0v) is 18.3. The second kappa shape index (κ2) is 8.25. The van der Waals surface area contributed by atoms with E-state index in [1.807, 2.05) is 30.5 Å². The lowest BCUT2D eigenvalue weighted by Crippen LogP contribution is -2.17. The second-order valence-electron chi connectivity index (χ2n) is 8.85. The molecule has 33 heavy (non-hydrogen) atoms. The quantitative estimate of drug-likeness (QED) is 0.439. The van der Waals surface area contributed by atoms with Gasteiger partial charge in [0, 0.05) is 47.7 Å². The van der Waals surface area contributed by atoms with Crippen LogP contribution in [0.25, 0.3) is 27.7 Å². The molecule has 0 unspecified atom stereocenters. The van der Waals surface area contributed by atoms with Crippen LogP contribution in [0.2, 0.25) is 0 Å². The predicted octanol–water partition coefficient (Wildman–Crippen LogP) is 5.76. The molecule has 1 fully saturated rings. The third-order valence-corrected chi connectivity index (χ3v) is 6.87. The maximum atomic E-state index is 13.8. The zero-order valence-electron chi connectivity index (χ0n) is 18.3. The van der Waals surface area contributed by atoms with Crippen molar-refractivity contribution in [3.63, 3.8) is 0 Å². The van der Waals surface area contributed by atoms with E-state index in [1.165, 1.54) is 34.3 Å². The van der Waals surface area contributed by atoms with Gasteiger partial charge in [0.05, 0.1) is 18.7 Å². The highest BCUT2D eigenvalue weighted by atomic mass is 19.1. The normalized spacial score (nSPS) is 15.9. The predicted molar refractivity (Wildman–Crippen MR) is 129 cm³/mol. The molecule has 6 rings (SSSR count). The topological polar surface area (TPSA) is 46.8 Å². The van der Waals surface area contributed by atoms with E-state index in [0.717, 1.165) is 53.9 Å². The van der Waals surface area contributed by atoms with Crippen LogP contribution in [0.3, 0.4) is 0 Å². The van der Waals surface area contributed by atoms with Gasteiger partial charge in [-0.25, -0.2) is 4.39 Å². The van der Waals surface area contributed by atoms with E-state index in [0.29, 0.717) is 12.5 Å². The van der Waals surface area contributed by atoms with Gasteiger partial charge < -0.3 is 14.4 Å². The Balaban J connectivity index is 1.69. The molecule has 2 aliphatic rings. The number of rotatable bonds is 4. The molecule has 0 aliphatic carbocycles. The Morgan fingerprint density at radius 1 is 1.00 bits per heavy atom. The van der Waals surface area contributed by atoms with Crippen LogP contribution in [0.1, 0.15) is 41.1 Å². The van der Waals surface area contributed by atoms with Gasteiger partial charge in [-0.3, -0.25) is 4.99 Å². The van der Waals surface area contributed by atoms with Crippen LogP contribution >= 0.6 is 0 Å². The fourth-order valence-electron chi connectivity index (χ4n) is 5.22. The van der Waals surface area contributed by atoms with Crippen molar-refractivity contribution < 1.29 is 14.2 Å². The lowest BCUT2D eigenvalue weighted by Gasteiger charge is -2.26. The first kappa shape index (κ1) is 20.3. The van der Waals surface area contributed by atoms with Gasteiger partial charge in [0.2, 0.25) is 0 Å². The molecule has 4 nitrogen and oxygen atoms in total. The summed E-state index contributed by atoms with van der Waals surface area (Å²) < 4.78 is 21.8. The molecule has 1 saturated heterocycles. The van der Waals surface area contributed by atoms with E-state index < -0.39 is 0 Å². The maximum Gasteiger partial charge on any atom is 0.123 e. The lowest BCUT2D eigenvalue weighted by molar-refractivity contribution is 0.0843. The first-order chi connectivity index (χ1) is 16.2. The van der Waals surface area contributed by atoms with Gasteiger partial charge in [-0.2, -0.15) is 0 Å². The molecule has 1 aromatic heterocycles. The number of ether oxygens (including phenoxy) is 1. The zero-order chi connectivity index (χ0) is 22.4. The van der Waals surface area contributed by atoms with Crippen molar-refractivity contribution in [1.82, 2.24) is 4.57 Å². The summed E-state index contributed by atoms with van der Waals surface area (Å²) in [6.07, 6.45) is 3.83. The van der Waals surface area contributed by atoms with Gasteiger partial charge in [-0.1, -0.05) is 24.3 Å². The Kier molecular flexibility index (Phi) is 5.08. The highest BCUT2D eigenvalue weighted by Crippen LogP contribution is 2.44. The number of benzene rings is 3. The van der Waals surface area contributed by atoms with Crippen molar-refractivity contribution >= 4 is 17.1 Å². The Bertz CT molecular complexity index is 1350. The molecule has 0 spiro atoms. The molecule has 0 saturated carbocycles. The Morgan fingerprint density at radius 2 is 1.76 bits per heavy atom. The van der Waals surface area contributed by atoms with Gasteiger partial charge in [-0.05, 0) is 71.5 Å². The van der Waals surface area contributed by atoms with Crippen LogP contribution in [0.5, 0.6) is 0 Å². The minimum absolute atomic E-state index is 0.0231. The average Bonchev–Trinajstić information content (AvgIpc) is 3.45. The lowest BCUT2D eigenvalue weighted by atomic mass is 9.89. The maximum absolute atomic E-state index is 13.8. The molecule has 5 heteroatoms. The van der Waals surface area contributed by atoms with E-state index in [2.05, 4.69) is 33.8 Å². The summed E-state index contributed by atoms with van der Waals surface area (Å²) in [7, 11) is 0. The molecule has 1 N–H and O–H groups in total. The van der Waals surface area contributed by atoms with Crippen molar-refractivity contribution in [2.75, 3.05) is 13.2 Å². The first-order valence-corrected chi connectivity index (χ1v) is 11.5. The van der Waals surface area contributed by atoms with E-state index >= 15 is 0 Å². The summed E-state index contributed by atoms with van der Waals surface area (Å²) in [5.74, 6) is 0.0860. The molecular formula is C28H25FN2O2. The summed E-state index contributed by atoms with van der Waals surface area (Å²) in [6.45, 7) is 2.20. The highest BCUT2D eigenvalue weighted by Gasteiger charge is 2.28. The summed E-state index contributed by atoms with van der Waals surface area (Å²) in [5, 5.41) is 10.7. The molecule has 0 amide bonds. The number of aliphatic hydroxyl groups is 1. The second-order valence-corrected chi connectivity index (χ2v) is 8.85. The summed E-state index contributed by atoms with van der Waals surface area (Å²) in [5.41, 5.74) is 8.90. The number of hydrogen-bond donors (Lipinski definition) is 1. The van der Waals surface area contributed by atoms with Crippen LogP contribution in [0, 0.1) is 5.82 Å². The number of hydrogen-bond acceptors (Lipinski definition) is 3. The van der Waals surface area contributed by atoms with Crippen molar-refractivity contribution in [3.05, 3.63) is 88.9 Å². The van der Waals surface area contributed by atoms with Crippen LogP contribution in [-0.2, 0) is 17.9 Å². The molecule has 3 heterocycles. The fraction of sp³-hybridized carbons (Fsp3) is 0.250. The molecule has 3 aromatic carbocycles. The summed E-state index contributed by atoms with van der Waals surface area (Å²) >= 11 is 0. The van der Waals surface area contributed by atoms with Gasteiger partial charge in [-0.15, -0.1) is 0 Å². The summed E-state index contributed by atoms with van der Waals surface area (Å²) in [4.78, 5) is 4.48. The number of nitrogens with zero attached hydrogens (tertiary/aromatic N) is 2. The third-order valence-electron chi connectivity index (χ3n) is 6.87. The Morgan fingerprint density at radius 3 is 2.48 bits per heavy atom. The number of aliphatic hydroxyl groups excluding tert-OH is 1. The molecule has 0 atom stereocenters. The van der Waals surface area contributed by atoms with Crippen molar-refractivity contribution in [2.24, 2.45) is 4.99 Å².